The molecule has 0 amide bonds. The maximum atomic E-state index is 17.1. The molecule has 5 heterocycles. The van der Waals surface area contributed by atoms with Crippen LogP contribution in [0.1, 0.15) is 51.0 Å². The molecule has 9 nitrogen and oxygen atoms in total. The van der Waals surface area contributed by atoms with Crippen molar-refractivity contribution in [2.24, 2.45) is 5.92 Å². The molecule has 4 aliphatic rings. The second-order valence-corrected chi connectivity index (χ2v) is 13.9. The number of aliphatic hydroxyl groups is 1. The van der Waals surface area contributed by atoms with Crippen LogP contribution < -0.4 is 14.4 Å². The highest BCUT2D eigenvalue weighted by Gasteiger charge is 2.49. The van der Waals surface area contributed by atoms with Gasteiger partial charge in [-0.15, -0.1) is 0 Å². The Morgan fingerprint density at radius 1 is 1.08 bits per heavy atom. The molecular weight excluding hydrogens is 623 g/mol. The molecule has 3 saturated heterocycles. The topological polar surface area (TPSA) is 93.1 Å². The normalized spacial score (nSPS) is 26.9. The quantitative estimate of drug-likeness (QED) is 0.218. The molecule has 12 heteroatoms. The number of alkyl halides is 1. The van der Waals surface area contributed by atoms with Gasteiger partial charge in [-0.1, -0.05) is 13.0 Å². The first kappa shape index (κ1) is 31.5. The average molecular weight is 664 g/mol. The number of halogens is 3. The van der Waals surface area contributed by atoms with E-state index in [9.17, 15) is 9.50 Å². The van der Waals surface area contributed by atoms with E-state index < -0.39 is 23.6 Å². The van der Waals surface area contributed by atoms with Gasteiger partial charge in [0.05, 0.1) is 17.0 Å². The van der Waals surface area contributed by atoms with Crippen LogP contribution in [0.5, 0.6) is 11.8 Å². The molecule has 2 aromatic carbocycles. The summed E-state index contributed by atoms with van der Waals surface area (Å²) in [6, 6.07) is 6.53. The van der Waals surface area contributed by atoms with Gasteiger partial charge in [0.1, 0.15) is 41.4 Å². The van der Waals surface area contributed by atoms with Gasteiger partial charge >= 0.3 is 6.01 Å². The fourth-order valence-electron chi connectivity index (χ4n) is 8.83. The van der Waals surface area contributed by atoms with Gasteiger partial charge in [-0.05, 0) is 85.5 Å². The standard InChI is InChI=1S/C36H40F3N5O4/c1-3-26-29(38)6-5-21-11-25(48-19-46-2)13-27(30(21)26)32-31(39)33-28(15-40-32)34(44-16-20-9-23(44)12-24(45)10-20)42-35(41-33)47-18-36-7-4-8-43(36)17-22(37)14-36/h5-6,11,13,15,20,22-24,45H,3-4,7-10,12,14,16-19H2,1-2H3/t20?,22-,23?,24?,36+/m1/s1. The van der Waals surface area contributed by atoms with Gasteiger partial charge in [0.15, 0.2) is 12.6 Å². The van der Waals surface area contributed by atoms with Crippen LogP contribution in [-0.4, -0.2) is 89.0 Å². The maximum Gasteiger partial charge on any atom is 0.319 e. The zero-order chi connectivity index (χ0) is 33.2. The van der Waals surface area contributed by atoms with Crippen LogP contribution >= 0.6 is 0 Å². The van der Waals surface area contributed by atoms with Crippen molar-refractivity contribution in [3.8, 4) is 23.0 Å². The first-order valence-corrected chi connectivity index (χ1v) is 17.0. The molecular formula is C36H40F3N5O4. The average Bonchev–Trinajstić information content (AvgIpc) is 3.71. The minimum absolute atomic E-state index is 0.00141. The predicted octanol–water partition coefficient (Wildman–Crippen LogP) is 5.97. The number of fused-ring (bicyclic) bond motifs is 5. The number of pyridine rings is 1. The van der Waals surface area contributed by atoms with Crippen molar-refractivity contribution in [1.29, 1.82) is 0 Å². The maximum absolute atomic E-state index is 17.1. The number of hydrogen-bond acceptors (Lipinski definition) is 9. The summed E-state index contributed by atoms with van der Waals surface area (Å²) in [5.41, 5.74) is 0.413. The number of hydrogen-bond donors (Lipinski definition) is 1. The fourth-order valence-corrected chi connectivity index (χ4v) is 8.83. The molecule has 4 aromatic rings. The Kier molecular flexibility index (Phi) is 8.08. The highest BCUT2D eigenvalue weighted by Crippen LogP contribution is 2.44. The summed E-state index contributed by atoms with van der Waals surface area (Å²) in [4.78, 5) is 18.4. The number of nitrogens with zero attached hydrogens (tertiary/aromatic N) is 5. The third kappa shape index (κ3) is 5.32. The Balaban J connectivity index is 1.28. The molecule has 8 rings (SSSR count). The lowest BCUT2D eigenvalue weighted by Gasteiger charge is -2.31. The number of aliphatic hydroxyl groups excluding tert-OH is 1. The number of rotatable bonds is 9. The summed E-state index contributed by atoms with van der Waals surface area (Å²) in [6.45, 7) is 3.90. The lowest BCUT2D eigenvalue weighted by Crippen LogP contribution is -2.43. The number of benzene rings is 2. The third-order valence-electron chi connectivity index (χ3n) is 10.9. The van der Waals surface area contributed by atoms with Crippen LogP contribution in [0.15, 0.2) is 30.5 Å². The van der Waals surface area contributed by atoms with Gasteiger partial charge in [0.2, 0.25) is 0 Å². The van der Waals surface area contributed by atoms with Gasteiger partial charge in [-0.2, -0.15) is 9.97 Å². The molecule has 2 aromatic heterocycles. The van der Waals surface area contributed by atoms with E-state index in [1.807, 2.05) is 6.92 Å². The fraction of sp³-hybridized carbons (Fsp3) is 0.528. The molecule has 254 valence electrons. The van der Waals surface area contributed by atoms with E-state index in [0.29, 0.717) is 83.5 Å². The molecule has 1 aliphatic carbocycles. The van der Waals surface area contributed by atoms with E-state index in [-0.39, 0.29) is 42.5 Å². The number of ether oxygens (including phenoxy) is 3. The zero-order valence-corrected chi connectivity index (χ0v) is 27.2. The summed E-state index contributed by atoms with van der Waals surface area (Å²) in [6.07, 6.45) is 5.02. The van der Waals surface area contributed by atoms with Crippen LogP contribution in [0.2, 0.25) is 0 Å². The smallest absolute Gasteiger partial charge is 0.319 e. The minimum atomic E-state index is -0.917. The summed E-state index contributed by atoms with van der Waals surface area (Å²) in [5, 5.41) is 12.2. The van der Waals surface area contributed by atoms with Crippen molar-refractivity contribution in [2.45, 2.75) is 75.7 Å². The Morgan fingerprint density at radius 3 is 2.79 bits per heavy atom. The molecule has 3 unspecified atom stereocenters. The highest BCUT2D eigenvalue weighted by molar-refractivity contribution is 6.02. The Morgan fingerprint density at radius 2 is 1.96 bits per heavy atom. The molecule has 0 spiro atoms. The molecule has 3 aliphatic heterocycles. The Bertz CT molecular complexity index is 1880. The number of anilines is 1. The molecule has 2 bridgehead atoms. The number of aryl methyl sites for hydroxylation is 1. The van der Waals surface area contributed by atoms with Gasteiger partial charge in [0, 0.05) is 44.4 Å². The van der Waals surface area contributed by atoms with E-state index in [1.54, 1.807) is 24.4 Å². The molecule has 0 radical (unpaired) electrons. The lowest BCUT2D eigenvalue weighted by molar-refractivity contribution is 0.0512. The summed E-state index contributed by atoms with van der Waals surface area (Å²) in [5.74, 6) is 0.147. The van der Waals surface area contributed by atoms with Crippen molar-refractivity contribution < 1.29 is 32.5 Å². The van der Waals surface area contributed by atoms with E-state index in [2.05, 4.69) is 19.8 Å². The predicted molar refractivity (Wildman–Crippen MR) is 175 cm³/mol. The third-order valence-corrected chi connectivity index (χ3v) is 10.9. The Labute approximate surface area is 277 Å². The second-order valence-electron chi connectivity index (χ2n) is 13.9. The van der Waals surface area contributed by atoms with Crippen LogP contribution in [0.4, 0.5) is 19.0 Å². The molecule has 1 saturated carbocycles. The van der Waals surface area contributed by atoms with Crippen molar-refractivity contribution >= 4 is 27.5 Å². The monoisotopic (exact) mass is 663 g/mol. The van der Waals surface area contributed by atoms with Gasteiger partial charge < -0.3 is 24.2 Å². The molecule has 1 N–H and O–H groups in total. The van der Waals surface area contributed by atoms with Crippen molar-refractivity contribution in [3.63, 3.8) is 0 Å². The van der Waals surface area contributed by atoms with Crippen LogP contribution in [0.25, 0.3) is 32.9 Å². The van der Waals surface area contributed by atoms with E-state index in [4.69, 9.17) is 19.2 Å². The Hall–Kier alpha value is -3.74. The van der Waals surface area contributed by atoms with Crippen molar-refractivity contribution in [3.05, 3.63) is 47.7 Å². The van der Waals surface area contributed by atoms with Gasteiger partial charge in [-0.3, -0.25) is 9.88 Å². The molecule has 48 heavy (non-hydrogen) atoms. The first-order valence-electron chi connectivity index (χ1n) is 17.0. The van der Waals surface area contributed by atoms with E-state index >= 15 is 8.78 Å². The largest absolute Gasteiger partial charge is 0.468 e. The van der Waals surface area contributed by atoms with E-state index in [1.165, 1.54) is 13.2 Å². The zero-order valence-electron chi connectivity index (χ0n) is 27.2. The van der Waals surface area contributed by atoms with Gasteiger partial charge in [0.25, 0.3) is 0 Å². The first-order chi connectivity index (χ1) is 23.3. The van der Waals surface area contributed by atoms with Crippen LogP contribution in [-0.2, 0) is 11.2 Å². The van der Waals surface area contributed by atoms with Crippen molar-refractivity contribution in [1.82, 2.24) is 19.9 Å². The van der Waals surface area contributed by atoms with Crippen LogP contribution in [0.3, 0.4) is 0 Å². The summed E-state index contributed by atoms with van der Waals surface area (Å²) in [7, 11) is 1.51. The summed E-state index contributed by atoms with van der Waals surface area (Å²) < 4.78 is 64.0. The highest BCUT2D eigenvalue weighted by atomic mass is 19.1. The SMILES string of the molecule is CCc1c(F)ccc2cc(OCOC)cc(-c3ncc4c(N5CC6CC(O)CC5C6)nc(OC[C@@]56CCCN5C[C@H](F)C6)nc4c3F)c12. The lowest BCUT2D eigenvalue weighted by atomic mass is 9.88. The number of methoxy groups -OCH3 is 1. The minimum Gasteiger partial charge on any atom is -0.468 e. The molecule has 5 atom stereocenters. The van der Waals surface area contributed by atoms with E-state index in [0.717, 1.165) is 25.8 Å². The summed E-state index contributed by atoms with van der Waals surface area (Å²) >= 11 is 0. The van der Waals surface area contributed by atoms with Gasteiger partial charge in [-0.25, -0.2) is 13.2 Å². The van der Waals surface area contributed by atoms with Crippen LogP contribution in [0, 0.1) is 17.6 Å². The van der Waals surface area contributed by atoms with Crippen molar-refractivity contribution in [2.75, 3.05) is 45.0 Å². The second kappa shape index (κ2) is 12.3. The molecule has 4 fully saturated rings. The number of aromatic nitrogens is 3.